The van der Waals surface area contributed by atoms with Crippen molar-refractivity contribution < 1.29 is 23.4 Å². The van der Waals surface area contributed by atoms with Gasteiger partial charge in [-0.05, 0) is 24.3 Å². The fraction of sp³-hybridized carbons (Fsp3) is 0.296. The van der Waals surface area contributed by atoms with Crippen LogP contribution >= 0.6 is 11.8 Å². The predicted molar refractivity (Wildman–Crippen MR) is 136 cm³/mol. The van der Waals surface area contributed by atoms with Gasteiger partial charge in [-0.15, -0.1) is 11.8 Å². The number of aromatic nitrogens is 3. The van der Waals surface area contributed by atoms with Gasteiger partial charge in [0.15, 0.2) is 6.29 Å². The third kappa shape index (κ3) is 6.70. The van der Waals surface area contributed by atoms with Crippen LogP contribution in [-0.2, 0) is 21.6 Å². The Hall–Kier alpha value is -3.36. The van der Waals surface area contributed by atoms with Crippen molar-refractivity contribution in [1.29, 1.82) is 5.26 Å². The molecule has 1 fully saturated rings. The second-order valence-electron chi connectivity index (χ2n) is 8.52. The van der Waals surface area contributed by atoms with E-state index in [1.807, 2.05) is 13.0 Å². The first-order valence-corrected chi connectivity index (χ1v) is 12.6. The third-order valence-electron chi connectivity index (χ3n) is 5.96. The molecule has 0 radical (unpaired) electrons. The van der Waals surface area contributed by atoms with E-state index in [-0.39, 0.29) is 22.9 Å². The molecule has 1 aliphatic rings. The van der Waals surface area contributed by atoms with Crippen LogP contribution in [0, 0.1) is 23.0 Å². The molecule has 192 valence electrons. The van der Waals surface area contributed by atoms with Crippen LogP contribution in [0.1, 0.15) is 23.6 Å². The van der Waals surface area contributed by atoms with Gasteiger partial charge in [0.05, 0.1) is 36.6 Å². The first-order chi connectivity index (χ1) is 17.9. The van der Waals surface area contributed by atoms with Gasteiger partial charge in [-0.3, -0.25) is 0 Å². The summed E-state index contributed by atoms with van der Waals surface area (Å²) < 4.78 is 41.7. The molecule has 0 aliphatic carbocycles. The van der Waals surface area contributed by atoms with Crippen LogP contribution in [-0.4, -0.2) is 49.9 Å². The summed E-state index contributed by atoms with van der Waals surface area (Å²) in [6, 6.07) is 12.4. The molecular formula is C27H26F2N4O3S. The molecule has 2 atom stereocenters. The summed E-state index contributed by atoms with van der Waals surface area (Å²) in [5.74, 6) is -0.963. The van der Waals surface area contributed by atoms with E-state index >= 15 is 0 Å². The maximum atomic E-state index is 14.7. The Morgan fingerprint density at radius 2 is 2.00 bits per heavy atom. The number of rotatable bonds is 9. The van der Waals surface area contributed by atoms with Crippen LogP contribution in [0.25, 0.3) is 6.08 Å². The van der Waals surface area contributed by atoms with Gasteiger partial charge in [0.2, 0.25) is 0 Å². The summed E-state index contributed by atoms with van der Waals surface area (Å²) in [6.45, 7) is 2.62. The van der Waals surface area contributed by atoms with Crippen LogP contribution in [0.15, 0.2) is 73.3 Å². The highest BCUT2D eigenvalue weighted by atomic mass is 32.2. The summed E-state index contributed by atoms with van der Waals surface area (Å²) in [7, 11) is 0. The van der Waals surface area contributed by atoms with E-state index in [1.54, 1.807) is 54.6 Å². The molecule has 1 aromatic heterocycles. The fourth-order valence-electron chi connectivity index (χ4n) is 3.94. The predicted octanol–water partition coefficient (Wildman–Crippen LogP) is 4.45. The van der Waals surface area contributed by atoms with Gasteiger partial charge in [-0.2, -0.15) is 10.4 Å². The van der Waals surface area contributed by atoms with Gasteiger partial charge in [0, 0.05) is 16.4 Å². The topological polar surface area (TPSA) is 93.2 Å². The number of benzene rings is 2. The number of ether oxygens (including phenoxy) is 2. The molecule has 2 heterocycles. The van der Waals surface area contributed by atoms with Crippen molar-refractivity contribution in [3.63, 3.8) is 0 Å². The Morgan fingerprint density at radius 3 is 2.68 bits per heavy atom. The lowest BCUT2D eigenvalue weighted by Crippen LogP contribution is -2.43. The van der Waals surface area contributed by atoms with E-state index in [2.05, 4.69) is 10.1 Å². The van der Waals surface area contributed by atoms with Crippen molar-refractivity contribution >= 4 is 17.8 Å². The first-order valence-electron chi connectivity index (χ1n) is 11.6. The number of thioether (sulfide) groups is 1. The molecule has 7 nitrogen and oxygen atoms in total. The van der Waals surface area contributed by atoms with Gasteiger partial charge in [0.25, 0.3) is 0 Å². The van der Waals surface area contributed by atoms with E-state index in [0.29, 0.717) is 18.8 Å². The molecule has 10 heteroatoms. The van der Waals surface area contributed by atoms with Crippen LogP contribution in [0.2, 0.25) is 0 Å². The highest BCUT2D eigenvalue weighted by molar-refractivity contribution is 8.00. The first kappa shape index (κ1) is 26.7. The normalized spacial score (nSPS) is 20.6. The minimum atomic E-state index is -1.55. The van der Waals surface area contributed by atoms with Gasteiger partial charge in [-0.1, -0.05) is 49.4 Å². The Labute approximate surface area is 218 Å². The maximum Gasteiger partial charge on any atom is 0.177 e. The zero-order chi connectivity index (χ0) is 26.3. The SMILES string of the molecule is C[C@@H](S[C@H]1CO[C@H](/C=C/C=C/c2ccc(C#N)cc2F)OC1)[C@](O)(Cn1cncn1)c1ccccc1F. The molecule has 0 bridgehead atoms. The van der Waals surface area contributed by atoms with Crippen molar-refractivity contribution in [3.05, 3.63) is 102 Å². The summed E-state index contributed by atoms with van der Waals surface area (Å²) >= 11 is 1.45. The summed E-state index contributed by atoms with van der Waals surface area (Å²) in [6.07, 6.45) is 8.95. The molecule has 4 rings (SSSR count). The summed E-state index contributed by atoms with van der Waals surface area (Å²) in [5.41, 5.74) is -0.727. The van der Waals surface area contributed by atoms with Gasteiger partial charge in [0.1, 0.15) is 29.9 Å². The number of nitrogens with zero attached hydrogens (tertiary/aromatic N) is 4. The van der Waals surface area contributed by atoms with Gasteiger partial charge in [-0.25, -0.2) is 18.4 Å². The maximum absolute atomic E-state index is 14.7. The molecule has 1 aliphatic heterocycles. The third-order valence-corrected chi connectivity index (χ3v) is 7.41. The van der Waals surface area contributed by atoms with Crippen molar-refractivity contribution in [1.82, 2.24) is 14.8 Å². The molecule has 1 saturated heterocycles. The Morgan fingerprint density at radius 1 is 1.22 bits per heavy atom. The molecule has 3 aromatic rings. The Bertz CT molecular complexity index is 1290. The number of hydrogen-bond donors (Lipinski definition) is 1. The Kier molecular flexibility index (Phi) is 8.84. The fourth-order valence-corrected chi connectivity index (χ4v) is 5.26. The standard InChI is InChI=1S/C27H26F2N4O3S/c1-19(27(34,16-33-18-31-17-32-33)23-7-3-4-8-24(23)28)37-22-14-35-26(36-15-22)9-5-2-6-21-11-10-20(13-30)12-25(21)29/h2-12,17-19,22,26,34H,14-16H2,1H3/b6-2+,9-5+/t19-,22-,26-,27-/m1/s1. The Balaban J connectivity index is 1.34. The molecule has 0 spiro atoms. The van der Waals surface area contributed by atoms with Crippen LogP contribution < -0.4 is 0 Å². The highest BCUT2D eigenvalue weighted by Crippen LogP contribution is 2.38. The van der Waals surface area contributed by atoms with E-state index in [1.165, 1.54) is 41.2 Å². The lowest BCUT2D eigenvalue weighted by atomic mass is 9.90. The molecule has 0 unspecified atom stereocenters. The second-order valence-corrected chi connectivity index (χ2v) is 10.2. The molecule has 1 N–H and O–H groups in total. The molecule has 0 saturated carbocycles. The van der Waals surface area contributed by atoms with Crippen LogP contribution in [0.3, 0.4) is 0 Å². The number of hydrogen-bond acceptors (Lipinski definition) is 7. The smallest absolute Gasteiger partial charge is 0.177 e. The van der Waals surface area contributed by atoms with Crippen molar-refractivity contribution in [2.45, 2.75) is 35.9 Å². The zero-order valence-corrected chi connectivity index (χ0v) is 20.9. The van der Waals surface area contributed by atoms with E-state index in [4.69, 9.17) is 14.7 Å². The molecular weight excluding hydrogens is 498 g/mol. The van der Waals surface area contributed by atoms with E-state index in [0.717, 1.165) is 0 Å². The van der Waals surface area contributed by atoms with Gasteiger partial charge < -0.3 is 14.6 Å². The average molecular weight is 525 g/mol. The lowest BCUT2D eigenvalue weighted by Gasteiger charge is -2.37. The number of allylic oxidation sites excluding steroid dienone is 2. The molecule has 37 heavy (non-hydrogen) atoms. The van der Waals surface area contributed by atoms with Crippen LogP contribution in [0.4, 0.5) is 8.78 Å². The number of aliphatic hydroxyl groups is 1. The lowest BCUT2D eigenvalue weighted by molar-refractivity contribution is -0.146. The quantitative estimate of drug-likeness (QED) is 0.414. The van der Waals surface area contributed by atoms with E-state index < -0.39 is 28.8 Å². The minimum Gasteiger partial charge on any atom is -0.382 e. The van der Waals surface area contributed by atoms with Gasteiger partial charge >= 0.3 is 0 Å². The van der Waals surface area contributed by atoms with Crippen molar-refractivity contribution in [3.8, 4) is 6.07 Å². The largest absolute Gasteiger partial charge is 0.382 e. The second kappa shape index (κ2) is 12.3. The zero-order valence-electron chi connectivity index (χ0n) is 20.1. The number of halogens is 2. The molecule has 0 amide bonds. The average Bonchev–Trinajstić information content (AvgIpc) is 3.41. The van der Waals surface area contributed by atoms with E-state index in [9.17, 15) is 13.9 Å². The van der Waals surface area contributed by atoms with Crippen molar-refractivity contribution in [2.24, 2.45) is 0 Å². The van der Waals surface area contributed by atoms with Crippen molar-refractivity contribution in [2.75, 3.05) is 13.2 Å². The summed E-state index contributed by atoms with van der Waals surface area (Å²) in [5, 5.41) is 24.1. The number of nitriles is 1. The molecule has 2 aromatic carbocycles. The monoisotopic (exact) mass is 524 g/mol. The van der Waals surface area contributed by atoms with Crippen LogP contribution in [0.5, 0.6) is 0 Å². The summed E-state index contributed by atoms with van der Waals surface area (Å²) in [4.78, 5) is 3.92. The minimum absolute atomic E-state index is 0.0358. The highest BCUT2D eigenvalue weighted by Gasteiger charge is 2.41.